The van der Waals surface area contributed by atoms with Gasteiger partial charge in [-0.1, -0.05) is 33.8 Å². The topological polar surface area (TPSA) is 29.1 Å². The van der Waals surface area contributed by atoms with Crippen molar-refractivity contribution in [2.75, 3.05) is 0 Å². The molecule has 0 aromatic rings. The Bertz CT molecular complexity index is 378. The summed E-state index contributed by atoms with van der Waals surface area (Å²) in [4.78, 5) is 12.7. The summed E-state index contributed by atoms with van der Waals surface area (Å²) < 4.78 is 0. The number of rotatable bonds is 3. The molecular formula is C18H31NO. The molecule has 2 saturated carbocycles. The Morgan fingerprint density at radius 1 is 1.20 bits per heavy atom. The fourth-order valence-electron chi connectivity index (χ4n) is 4.65. The molecule has 1 amide bonds. The van der Waals surface area contributed by atoms with E-state index in [1.807, 2.05) is 6.92 Å². The fraction of sp³-hybridized carbons (Fsp3) is 0.833. The first-order valence-corrected chi connectivity index (χ1v) is 8.28. The summed E-state index contributed by atoms with van der Waals surface area (Å²) in [6, 6.07) is 0. The van der Waals surface area contributed by atoms with Crippen LogP contribution in [0.5, 0.6) is 0 Å². The van der Waals surface area contributed by atoms with Crippen LogP contribution >= 0.6 is 0 Å². The number of carbonyl (C=O) groups is 1. The monoisotopic (exact) mass is 277 g/mol. The van der Waals surface area contributed by atoms with Crippen LogP contribution in [-0.2, 0) is 4.79 Å². The number of fused-ring (bicyclic) bond motifs is 2. The third-order valence-corrected chi connectivity index (χ3v) is 5.06. The fourth-order valence-corrected chi connectivity index (χ4v) is 4.65. The third-order valence-electron chi connectivity index (χ3n) is 5.06. The molecule has 0 aliphatic heterocycles. The maximum atomic E-state index is 12.7. The maximum absolute atomic E-state index is 12.7. The molecule has 2 unspecified atom stereocenters. The maximum Gasteiger partial charge on any atom is 0.230 e. The van der Waals surface area contributed by atoms with E-state index in [9.17, 15) is 4.79 Å². The Hall–Kier alpha value is -0.790. The Balaban J connectivity index is 2.02. The predicted molar refractivity (Wildman–Crippen MR) is 84.1 cm³/mol. The van der Waals surface area contributed by atoms with Gasteiger partial charge in [0.2, 0.25) is 5.91 Å². The highest BCUT2D eigenvalue weighted by atomic mass is 16.2. The first-order chi connectivity index (χ1) is 9.28. The molecule has 2 bridgehead atoms. The lowest BCUT2D eigenvalue weighted by molar-refractivity contribution is -0.134. The zero-order chi connectivity index (χ0) is 14.9. The first kappa shape index (κ1) is 15.6. The van der Waals surface area contributed by atoms with Crippen LogP contribution in [-0.4, -0.2) is 5.91 Å². The smallest absolute Gasteiger partial charge is 0.230 e. The highest BCUT2D eigenvalue weighted by Crippen LogP contribution is 2.50. The minimum absolute atomic E-state index is 0.153. The van der Waals surface area contributed by atoms with Gasteiger partial charge in [0.15, 0.2) is 0 Å². The summed E-state index contributed by atoms with van der Waals surface area (Å²) in [6.45, 7) is 10.8. The molecule has 0 heterocycles. The van der Waals surface area contributed by atoms with E-state index in [-0.39, 0.29) is 11.3 Å². The van der Waals surface area contributed by atoms with Crippen molar-refractivity contribution in [3.05, 3.63) is 11.8 Å². The molecule has 2 aliphatic rings. The van der Waals surface area contributed by atoms with Crippen LogP contribution in [0.3, 0.4) is 0 Å². The Labute approximate surface area is 124 Å². The van der Waals surface area contributed by atoms with E-state index in [4.69, 9.17) is 0 Å². The third kappa shape index (κ3) is 3.65. The normalized spacial score (nSPS) is 37.9. The SMILES string of the molecule is CC(=CC(C)C)NC(=O)C1(C)CC2CC(C)CC(C2)C1. The Kier molecular flexibility index (Phi) is 4.61. The van der Waals surface area contributed by atoms with E-state index in [1.165, 1.54) is 19.3 Å². The van der Waals surface area contributed by atoms with E-state index in [1.54, 1.807) is 0 Å². The van der Waals surface area contributed by atoms with Crippen LogP contribution in [0.25, 0.3) is 0 Å². The lowest BCUT2D eigenvalue weighted by Gasteiger charge is -2.46. The van der Waals surface area contributed by atoms with Crippen molar-refractivity contribution in [2.24, 2.45) is 29.1 Å². The lowest BCUT2D eigenvalue weighted by atomic mass is 9.59. The molecule has 2 aliphatic carbocycles. The standard InChI is InChI=1S/C18H31NO/c1-12(2)6-14(4)19-17(20)18(5)10-15-7-13(3)8-16(9-15)11-18/h6,12-13,15-16H,7-11H2,1-5H3,(H,19,20). The van der Waals surface area contributed by atoms with Crippen molar-refractivity contribution >= 4 is 5.91 Å². The Morgan fingerprint density at radius 2 is 1.75 bits per heavy atom. The average molecular weight is 277 g/mol. The van der Waals surface area contributed by atoms with Crippen molar-refractivity contribution in [1.29, 1.82) is 0 Å². The van der Waals surface area contributed by atoms with Crippen LogP contribution in [0.4, 0.5) is 0 Å². The number of hydrogen-bond acceptors (Lipinski definition) is 1. The second-order valence-electron chi connectivity index (χ2n) is 8.06. The molecule has 2 heteroatoms. The molecule has 0 spiro atoms. The summed E-state index contributed by atoms with van der Waals surface area (Å²) in [7, 11) is 0. The van der Waals surface area contributed by atoms with E-state index >= 15 is 0 Å². The molecule has 2 atom stereocenters. The van der Waals surface area contributed by atoms with Gasteiger partial charge in [-0.05, 0) is 62.7 Å². The number of carbonyl (C=O) groups excluding carboxylic acids is 1. The van der Waals surface area contributed by atoms with E-state index < -0.39 is 0 Å². The van der Waals surface area contributed by atoms with Gasteiger partial charge in [0.1, 0.15) is 0 Å². The molecule has 0 saturated heterocycles. The van der Waals surface area contributed by atoms with E-state index in [0.29, 0.717) is 5.92 Å². The largest absolute Gasteiger partial charge is 0.330 e. The van der Waals surface area contributed by atoms with E-state index in [0.717, 1.165) is 36.3 Å². The van der Waals surface area contributed by atoms with Crippen LogP contribution in [0.15, 0.2) is 11.8 Å². The molecule has 1 N–H and O–H groups in total. The summed E-state index contributed by atoms with van der Waals surface area (Å²) in [5.41, 5.74) is 0.857. The highest BCUT2D eigenvalue weighted by molar-refractivity contribution is 5.83. The molecule has 0 radical (unpaired) electrons. The molecule has 2 fully saturated rings. The number of allylic oxidation sites excluding steroid dienone is 2. The summed E-state index contributed by atoms with van der Waals surface area (Å²) >= 11 is 0. The summed E-state index contributed by atoms with van der Waals surface area (Å²) in [5.74, 6) is 3.12. The zero-order valence-electron chi connectivity index (χ0n) is 13.8. The zero-order valence-corrected chi connectivity index (χ0v) is 13.8. The summed E-state index contributed by atoms with van der Waals surface area (Å²) in [5, 5.41) is 3.14. The van der Waals surface area contributed by atoms with Crippen LogP contribution < -0.4 is 5.32 Å². The van der Waals surface area contributed by atoms with Gasteiger partial charge in [-0.15, -0.1) is 0 Å². The van der Waals surface area contributed by atoms with Crippen molar-refractivity contribution in [3.8, 4) is 0 Å². The van der Waals surface area contributed by atoms with Crippen molar-refractivity contribution < 1.29 is 4.79 Å². The molecule has 20 heavy (non-hydrogen) atoms. The second kappa shape index (κ2) is 5.91. The molecule has 0 aromatic heterocycles. The van der Waals surface area contributed by atoms with Gasteiger partial charge in [-0.2, -0.15) is 0 Å². The average Bonchev–Trinajstić information content (AvgIpc) is 2.24. The van der Waals surface area contributed by atoms with Gasteiger partial charge in [0.05, 0.1) is 0 Å². The summed E-state index contributed by atoms with van der Waals surface area (Å²) in [6.07, 6.45) is 8.28. The first-order valence-electron chi connectivity index (χ1n) is 8.28. The second-order valence-corrected chi connectivity index (χ2v) is 8.06. The van der Waals surface area contributed by atoms with Gasteiger partial charge >= 0.3 is 0 Å². The molecule has 2 rings (SSSR count). The van der Waals surface area contributed by atoms with Crippen molar-refractivity contribution in [3.63, 3.8) is 0 Å². The van der Waals surface area contributed by atoms with Crippen LogP contribution in [0.1, 0.15) is 66.7 Å². The quantitative estimate of drug-likeness (QED) is 0.807. The number of amides is 1. The number of hydrogen-bond donors (Lipinski definition) is 1. The van der Waals surface area contributed by atoms with Gasteiger partial charge in [0.25, 0.3) is 0 Å². The number of nitrogens with one attached hydrogen (secondary N) is 1. The molecule has 0 aromatic carbocycles. The minimum Gasteiger partial charge on any atom is -0.330 e. The van der Waals surface area contributed by atoms with Crippen molar-refractivity contribution in [2.45, 2.75) is 66.7 Å². The lowest BCUT2D eigenvalue weighted by Crippen LogP contribution is -2.45. The van der Waals surface area contributed by atoms with Gasteiger partial charge < -0.3 is 5.32 Å². The van der Waals surface area contributed by atoms with Crippen LogP contribution in [0.2, 0.25) is 0 Å². The van der Waals surface area contributed by atoms with Crippen LogP contribution in [0, 0.1) is 29.1 Å². The highest BCUT2D eigenvalue weighted by Gasteiger charge is 2.45. The van der Waals surface area contributed by atoms with E-state index in [2.05, 4.69) is 39.1 Å². The Morgan fingerprint density at radius 3 is 2.25 bits per heavy atom. The molecule has 2 nitrogen and oxygen atoms in total. The minimum atomic E-state index is -0.153. The van der Waals surface area contributed by atoms with Gasteiger partial charge in [-0.3, -0.25) is 4.79 Å². The van der Waals surface area contributed by atoms with Crippen molar-refractivity contribution in [1.82, 2.24) is 5.32 Å². The van der Waals surface area contributed by atoms with Gasteiger partial charge in [-0.25, -0.2) is 0 Å². The van der Waals surface area contributed by atoms with Gasteiger partial charge in [0, 0.05) is 11.1 Å². The molecular weight excluding hydrogens is 246 g/mol. The predicted octanol–water partition coefficient (Wildman–Crippen LogP) is 4.51. The molecule has 114 valence electrons.